The summed E-state index contributed by atoms with van der Waals surface area (Å²) < 4.78 is 0. The summed E-state index contributed by atoms with van der Waals surface area (Å²) in [7, 11) is 0. The zero-order chi connectivity index (χ0) is 13.0. The zero-order valence-corrected chi connectivity index (χ0v) is 10.2. The van der Waals surface area contributed by atoms with Crippen LogP contribution in [-0.4, -0.2) is 18.4 Å². The van der Waals surface area contributed by atoms with Crippen LogP contribution in [0.25, 0.3) is 0 Å². The van der Waals surface area contributed by atoms with E-state index in [1.165, 1.54) is 6.92 Å². The molecule has 18 heavy (non-hydrogen) atoms. The highest BCUT2D eigenvalue weighted by molar-refractivity contribution is 6.00. The quantitative estimate of drug-likeness (QED) is 0.602. The molecule has 1 heterocycles. The summed E-state index contributed by atoms with van der Waals surface area (Å²) in [6.45, 7) is 2.02. The molecule has 0 saturated carbocycles. The summed E-state index contributed by atoms with van der Waals surface area (Å²) in [4.78, 5) is 22.0. The Bertz CT molecular complexity index is 553. The van der Waals surface area contributed by atoms with Crippen molar-refractivity contribution in [2.75, 3.05) is 11.9 Å². The van der Waals surface area contributed by atoms with Gasteiger partial charge in [-0.25, -0.2) is 0 Å². The molecule has 2 rings (SSSR count). The van der Waals surface area contributed by atoms with Crippen molar-refractivity contribution in [3.05, 3.63) is 29.3 Å². The predicted octanol–water partition coefficient (Wildman–Crippen LogP) is 1.06. The molecule has 0 bridgehead atoms. The zero-order valence-electron chi connectivity index (χ0n) is 10.2. The van der Waals surface area contributed by atoms with Gasteiger partial charge >= 0.3 is 0 Å². The van der Waals surface area contributed by atoms with Crippen molar-refractivity contribution >= 4 is 17.5 Å². The maximum absolute atomic E-state index is 11.3. The molecule has 2 N–H and O–H groups in total. The molecule has 92 valence electrons. The summed E-state index contributed by atoms with van der Waals surface area (Å²) in [6.07, 6.45) is 1.02. The first-order chi connectivity index (χ1) is 8.66. The van der Waals surface area contributed by atoms with E-state index in [-0.39, 0.29) is 11.8 Å². The standard InChI is InChI=1S/C14H14N2O2/c1-10(17)15-8-3-2-5-11-6-4-7-12-9-13(18)16-14(11)12/h4,6-7H,3,8-9H2,1H3,(H,15,17)(H,16,18). The van der Waals surface area contributed by atoms with Crippen molar-refractivity contribution < 1.29 is 9.59 Å². The highest BCUT2D eigenvalue weighted by Gasteiger charge is 2.19. The Morgan fingerprint density at radius 2 is 2.33 bits per heavy atom. The number of rotatable bonds is 2. The SMILES string of the molecule is CC(=O)NCCC#Cc1cccc2c1NC(=O)C2. The van der Waals surface area contributed by atoms with E-state index in [1.54, 1.807) is 0 Å². The first-order valence-electron chi connectivity index (χ1n) is 5.82. The Labute approximate surface area is 106 Å². The molecular weight excluding hydrogens is 228 g/mol. The number of hydrogen-bond donors (Lipinski definition) is 2. The van der Waals surface area contributed by atoms with Gasteiger partial charge in [0.2, 0.25) is 11.8 Å². The van der Waals surface area contributed by atoms with Gasteiger partial charge in [0.05, 0.1) is 12.1 Å². The smallest absolute Gasteiger partial charge is 0.228 e. The third kappa shape index (κ3) is 2.89. The van der Waals surface area contributed by atoms with E-state index in [4.69, 9.17) is 0 Å². The second-order valence-corrected chi connectivity index (χ2v) is 4.10. The van der Waals surface area contributed by atoms with E-state index in [9.17, 15) is 9.59 Å². The Morgan fingerprint density at radius 3 is 3.11 bits per heavy atom. The number of benzene rings is 1. The van der Waals surface area contributed by atoms with Crippen LogP contribution in [0.4, 0.5) is 5.69 Å². The van der Waals surface area contributed by atoms with Gasteiger partial charge in [-0.15, -0.1) is 0 Å². The van der Waals surface area contributed by atoms with E-state index in [2.05, 4.69) is 22.5 Å². The monoisotopic (exact) mass is 242 g/mol. The molecule has 0 unspecified atom stereocenters. The lowest BCUT2D eigenvalue weighted by molar-refractivity contribution is -0.119. The van der Waals surface area contributed by atoms with Crippen molar-refractivity contribution in [3.8, 4) is 11.8 Å². The first kappa shape index (κ1) is 12.2. The second-order valence-electron chi connectivity index (χ2n) is 4.10. The first-order valence-corrected chi connectivity index (χ1v) is 5.82. The lowest BCUT2D eigenvalue weighted by atomic mass is 10.1. The molecule has 0 fully saturated rings. The average Bonchev–Trinajstić information content (AvgIpc) is 2.69. The molecule has 4 heteroatoms. The molecule has 2 amide bonds. The van der Waals surface area contributed by atoms with Gasteiger partial charge in [0.1, 0.15) is 0 Å². The van der Waals surface area contributed by atoms with Crippen molar-refractivity contribution in [3.63, 3.8) is 0 Å². The molecule has 0 spiro atoms. The Hall–Kier alpha value is -2.28. The topological polar surface area (TPSA) is 58.2 Å². The van der Waals surface area contributed by atoms with Crippen molar-refractivity contribution in [2.45, 2.75) is 19.8 Å². The number of carbonyl (C=O) groups is 2. The highest BCUT2D eigenvalue weighted by atomic mass is 16.2. The Balaban J connectivity index is 2.03. The molecule has 0 aliphatic carbocycles. The molecule has 4 nitrogen and oxygen atoms in total. The van der Waals surface area contributed by atoms with E-state index in [0.29, 0.717) is 19.4 Å². The van der Waals surface area contributed by atoms with Crippen LogP contribution in [0.15, 0.2) is 18.2 Å². The van der Waals surface area contributed by atoms with Gasteiger partial charge in [-0.05, 0) is 11.6 Å². The Morgan fingerprint density at radius 1 is 1.50 bits per heavy atom. The van der Waals surface area contributed by atoms with Crippen molar-refractivity contribution in [2.24, 2.45) is 0 Å². The minimum absolute atomic E-state index is 0.0116. The molecule has 1 aromatic rings. The van der Waals surface area contributed by atoms with Gasteiger partial charge in [-0.3, -0.25) is 9.59 Å². The average molecular weight is 242 g/mol. The normalized spacial score (nSPS) is 12.2. The molecule has 0 atom stereocenters. The van der Waals surface area contributed by atoms with Crippen LogP contribution in [0.3, 0.4) is 0 Å². The Kier molecular flexibility index (Phi) is 3.63. The molecule has 1 aromatic carbocycles. The van der Waals surface area contributed by atoms with Crippen LogP contribution >= 0.6 is 0 Å². The molecule has 0 saturated heterocycles. The summed E-state index contributed by atoms with van der Waals surface area (Å²) in [5.74, 6) is 5.97. The maximum atomic E-state index is 11.3. The van der Waals surface area contributed by atoms with Gasteiger partial charge in [-0.1, -0.05) is 24.0 Å². The minimum atomic E-state index is -0.0512. The van der Waals surface area contributed by atoms with Gasteiger partial charge in [0.25, 0.3) is 0 Å². The van der Waals surface area contributed by atoms with Gasteiger partial charge in [0, 0.05) is 25.5 Å². The largest absolute Gasteiger partial charge is 0.355 e. The predicted molar refractivity (Wildman–Crippen MR) is 69.0 cm³/mol. The fourth-order valence-electron chi connectivity index (χ4n) is 1.81. The van der Waals surface area contributed by atoms with E-state index < -0.39 is 0 Å². The van der Waals surface area contributed by atoms with Gasteiger partial charge in [0.15, 0.2) is 0 Å². The lowest BCUT2D eigenvalue weighted by Crippen LogP contribution is -2.20. The third-order valence-corrected chi connectivity index (χ3v) is 2.61. The molecule has 1 aliphatic heterocycles. The minimum Gasteiger partial charge on any atom is -0.355 e. The van der Waals surface area contributed by atoms with Gasteiger partial charge < -0.3 is 10.6 Å². The molecular formula is C14H14N2O2. The fourth-order valence-corrected chi connectivity index (χ4v) is 1.81. The number of hydrogen-bond acceptors (Lipinski definition) is 2. The number of anilines is 1. The van der Waals surface area contributed by atoms with Crippen LogP contribution in [-0.2, 0) is 16.0 Å². The van der Waals surface area contributed by atoms with Crippen molar-refractivity contribution in [1.29, 1.82) is 0 Å². The van der Waals surface area contributed by atoms with Crippen LogP contribution in [0, 0.1) is 11.8 Å². The third-order valence-electron chi connectivity index (χ3n) is 2.61. The number of para-hydroxylation sites is 1. The van der Waals surface area contributed by atoms with Gasteiger partial charge in [-0.2, -0.15) is 0 Å². The number of nitrogens with one attached hydrogen (secondary N) is 2. The summed E-state index contributed by atoms with van der Waals surface area (Å²) in [6, 6.07) is 5.71. The molecule has 1 aliphatic rings. The van der Waals surface area contributed by atoms with Crippen LogP contribution in [0.5, 0.6) is 0 Å². The van der Waals surface area contributed by atoms with E-state index in [1.807, 2.05) is 18.2 Å². The van der Waals surface area contributed by atoms with Crippen LogP contribution in [0.2, 0.25) is 0 Å². The maximum Gasteiger partial charge on any atom is 0.228 e. The molecule has 0 radical (unpaired) electrons. The van der Waals surface area contributed by atoms with Crippen LogP contribution < -0.4 is 10.6 Å². The second kappa shape index (κ2) is 5.37. The summed E-state index contributed by atoms with van der Waals surface area (Å²) in [5, 5.41) is 5.49. The fraction of sp³-hybridized carbons (Fsp3) is 0.286. The van der Waals surface area contributed by atoms with Crippen LogP contribution in [0.1, 0.15) is 24.5 Å². The van der Waals surface area contributed by atoms with Crippen molar-refractivity contribution in [1.82, 2.24) is 5.32 Å². The van der Waals surface area contributed by atoms with E-state index >= 15 is 0 Å². The number of carbonyl (C=O) groups excluding carboxylic acids is 2. The number of amides is 2. The lowest BCUT2D eigenvalue weighted by Gasteiger charge is -2.01. The number of fused-ring (bicyclic) bond motifs is 1. The molecule has 0 aromatic heterocycles. The summed E-state index contributed by atoms with van der Waals surface area (Å²) >= 11 is 0. The highest BCUT2D eigenvalue weighted by Crippen LogP contribution is 2.26. The van der Waals surface area contributed by atoms with E-state index in [0.717, 1.165) is 16.8 Å². The summed E-state index contributed by atoms with van der Waals surface area (Å²) in [5.41, 5.74) is 2.66.